The predicted molar refractivity (Wildman–Crippen MR) is 80.3 cm³/mol. The van der Waals surface area contributed by atoms with E-state index in [9.17, 15) is 14.0 Å². The Labute approximate surface area is 129 Å². The first kappa shape index (κ1) is 15.0. The van der Waals surface area contributed by atoms with Crippen molar-refractivity contribution in [2.45, 2.75) is 44.7 Å². The summed E-state index contributed by atoms with van der Waals surface area (Å²) in [6, 6.07) is 6.40. The number of likely N-dealkylation sites (tertiary alicyclic amines) is 1. The van der Waals surface area contributed by atoms with Gasteiger partial charge in [0.1, 0.15) is 5.82 Å². The molecule has 1 aromatic rings. The van der Waals surface area contributed by atoms with Gasteiger partial charge in [-0.15, -0.1) is 0 Å². The molecule has 118 valence electrons. The molecule has 1 saturated carbocycles. The van der Waals surface area contributed by atoms with Gasteiger partial charge in [0.05, 0.1) is 5.92 Å². The summed E-state index contributed by atoms with van der Waals surface area (Å²) in [5.41, 5.74) is 0.853. The Balaban J connectivity index is 1.52. The molecule has 5 heteroatoms. The summed E-state index contributed by atoms with van der Waals surface area (Å²) in [4.78, 5) is 26.2. The van der Waals surface area contributed by atoms with Crippen LogP contribution in [0.3, 0.4) is 0 Å². The van der Waals surface area contributed by atoms with Gasteiger partial charge in [0.15, 0.2) is 0 Å². The number of carbonyl (C=O) groups is 2. The van der Waals surface area contributed by atoms with Crippen molar-refractivity contribution in [1.82, 2.24) is 10.2 Å². The van der Waals surface area contributed by atoms with Crippen LogP contribution >= 0.6 is 0 Å². The van der Waals surface area contributed by atoms with Crippen LogP contribution in [0.2, 0.25) is 0 Å². The number of carbonyl (C=O) groups excluding carboxylic acids is 2. The molecule has 1 aliphatic carbocycles. The summed E-state index contributed by atoms with van der Waals surface area (Å²) in [7, 11) is 0. The molecule has 2 amide bonds. The number of hydrogen-bond donors (Lipinski definition) is 1. The predicted octanol–water partition coefficient (Wildman–Crippen LogP) is 2.23. The second-order valence-corrected chi connectivity index (χ2v) is 6.23. The number of amides is 2. The first-order valence-electron chi connectivity index (χ1n) is 7.95. The van der Waals surface area contributed by atoms with Crippen LogP contribution in [0, 0.1) is 11.7 Å². The highest BCUT2D eigenvalue weighted by atomic mass is 19.1. The van der Waals surface area contributed by atoms with Gasteiger partial charge in [0.25, 0.3) is 0 Å². The van der Waals surface area contributed by atoms with Crippen molar-refractivity contribution in [3.05, 3.63) is 35.6 Å². The van der Waals surface area contributed by atoms with Crippen molar-refractivity contribution in [2.75, 3.05) is 6.54 Å². The zero-order valence-corrected chi connectivity index (χ0v) is 12.6. The summed E-state index contributed by atoms with van der Waals surface area (Å²) in [6.07, 6.45) is 4.79. The lowest BCUT2D eigenvalue weighted by molar-refractivity contribution is -0.130. The first-order valence-corrected chi connectivity index (χ1v) is 7.95. The van der Waals surface area contributed by atoms with Gasteiger partial charge in [0, 0.05) is 25.6 Å². The minimum atomic E-state index is -0.288. The molecule has 1 atom stereocenters. The van der Waals surface area contributed by atoms with E-state index in [2.05, 4.69) is 5.32 Å². The highest BCUT2D eigenvalue weighted by Crippen LogP contribution is 2.29. The first-order chi connectivity index (χ1) is 10.6. The summed E-state index contributed by atoms with van der Waals surface area (Å²) in [5.74, 6) is -0.524. The largest absolute Gasteiger partial charge is 0.352 e. The Kier molecular flexibility index (Phi) is 4.41. The molecule has 1 aliphatic heterocycles. The quantitative estimate of drug-likeness (QED) is 0.927. The Morgan fingerprint density at radius 2 is 1.91 bits per heavy atom. The number of benzene rings is 1. The third-order valence-electron chi connectivity index (χ3n) is 4.67. The lowest BCUT2D eigenvalue weighted by atomic mass is 10.1. The molecule has 0 bridgehead atoms. The van der Waals surface area contributed by atoms with E-state index in [4.69, 9.17) is 0 Å². The number of rotatable bonds is 4. The molecule has 2 fully saturated rings. The Hall–Kier alpha value is -1.91. The lowest BCUT2D eigenvalue weighted by Crippen LogP contribution is -2.36. The van der Waals surface area contributed by atoms with E-state index >= 15 is 0 Å². The zero-order chi connectivity index (χ0) is 15.5. The number of nitrogens with one attached hydrogen (secondary N) is 1. The van der Waals surface area contributed by atoms with Crippen molar-refractivity contribution in [1.29, 1.82) is 0 Å². The summed E-state index contributed by atoms with van der Waals surface area (Å²) in [5, 5.41) is 2.85. The van der Waals surface area contributed by atoms with Crippen molar-refractivity contribution in [3.63, 3.8) is 0 Å². The third kappa shape index (κ3) is 3.29. The maximum Gasteiger partial charge on any atom is 0.225 e. The molecular formula is C17H21FN2O2. The number of halogens is 1. The second kappa shape index (κ2) is 6.46. The van der Waals surface area contributed by atoms with E-state index in [0.29, 0.717) is 25.6 Å². The third-order valence-corrected chi connectivity index (χ3v) is 4.67. The fourth-order valence-electron chi connectivity index (χ4n) is 3.41. The molecule has 3 rings (SSSR count). The van der Waals surface area contributed by atoms with Gasteiger partial charge in [-0.3, -0.25) is 9.59 Å². The summed E-state index contributed by atoms with van der Waals surface area (Å²) >= 11 is 0. The molecule has 4 nitrogen and oxygen atoms in total. The molecule has 22 heavy (non-hydrogen) atoms. The van der Waals surface area contributed by atoms with E-state index in [0.717, 1.165) is 18.4 Å². The number of nitrogens with zero attached hydrogens (tertiary/aromatic N) is 1. The molecule has 0 aromatic heterocycles. The van der Waals surface area contributed by atoms with E-state index in [1.54, 1.807) is 12.1 Å². The van der Waals surface area contributed by atoms with Crippen LogP contribution in [0.5, 0.6) is 0 Å². The summed E-state index contributed by atoms with van der Waals surface area (Å²) in [6.45, 7) is 0.909. The van der Waals surface area contributed by atoms with Gasteiger partial charge < -0.3 is 10.2 Å². The van der Waals surface area contributed by atoms with E-state index in [1.807, 2.05) is 4.90 Å². The Morgan fingerprint density at radius 1 is 1.23 bits per heavy atom. The minimum Gasteiger partial charge on any atom is -0.352 e. The minimum absolute atomic E-state index is 0.0850. The van der Waals surface area contributed by atoms with Crippen LogP contribution in [-0.4, -0.2) is 29.3 Å². The maximum absolute atomic E-state index is 12.8. The highest BCUT2D eigenvalue weighted by Gasteiger charge is 2.38. The van der Waals surface area contributed by atoms with Gasteiger partial charge in [-0.1, -0.05) is 25.0 Å². The fourth-order valence-corrected chi connectivity index (χ4v) is 3.41. The molecule has 1 heterocycles. The normalized spacial score (nSPS) is 22.3. The molecule has 0 spiro atoms. The van der Waals surface area contributed by atoms with Crippen LogP contribution in [0.25, 0.3) is 0 Å². The van der Waals surface area contributed by atoms with Crippen molar-refractivity contribution >= 4 is 11.8 Å². The van der Waals surface area contributed by atoms with Crippen molar-refractivity contribution < 1.29 is 14.0 Å². The molecular weight excluding hydrogens is 283 g/mol. The van der Waals surface area contributed by atoms with Gasteiger partial charge in [-0.05, 0) is 30.5 Å². The molecule has 2 aliphatic rings. The molecule has 1 saturated heterocycles. The smallest absolute Gasteiger partial charge is 0.225 e. The van der Waals surface area contributed by atoms with Crippen LogP contribution in [0.1, 0.15) is 37.7 Å². The maximum atomic E-state index is 12.8. The molecule has 0 radical (unpaired) electrons. The monoisotopic (exact) mass is 304 g/mol. The molecule has 1 N–H and O–H groups in total. The van der Waals surface area contributed by atoms with Gasteiger partial charge in [-0.25, -0.2) is 4.39 Å². The highest BCUT2D eigenvalue weighted by molar-refractivity contribution is 5.89. The van der Waals surface area contributed by atoms with Crippen molar-refractivity contribution in [3.8, 4) is 0 Å². The Bertz CT molecular complexity index is 552. The lowest BCUT2D eigenvalue weighted by Gasteiger charge is -2.23. The molecule has 0 unspecified atom stereocenters. The van der Waals surface area contributed by atoms with Gasteiger partial charge >= 0.3 is 0 Å². The second-order valence-electron chi connectivity index (χ2n) is 6.23. The van der Waals surface area contributed by atoms with Crippen LogP contribution in [0.15, 0.2) is 24.3 Å². The van der Waals surface area contributed by atoms with E-state index in [1.165, 1.54) is 25.0 Å². The average Bonchev–Trinajstić information content (AvgIpc) is 3.15. The van der Waals surface area contributed by atoms with E-state index < -0.39 is 0 Å². The SMILES string of the molecule is O=C(NCc1ccc(F)cc1)[C@H]1CC(=O)N(C2CCCC2)C1. The summed E-state index contributed by atoms with van der Waals surface area (Å²) < 4.78 is 12.8. The van der Waals surface area contributed by atoms with Crippen LogP contribution in [0.4, 0.5) is 4.39 Å². The zero-order valence-electron chi connectivity index (χ0n) is 12.6. The van der Waals surface area contributed by atoms with Gasteiger partial charge in [-0.2, -0.15) is 0 Å². The van der Waals surface area contributed by atoms with E-state index in [-0.39, 0.29) is 23.5 Å². The topological polar surface area (TPSA) is 49.4 Å². The fraction of sp³-hybridized carbons (Fsp3) is 0.529. The average molecular weight is 304 g/mol. The van der Waals surface area contributed by atoms with Gasteiger partial charge in [0.2, 0.25) is 11.8 Å². The van der Waals surface area contributed by atoms with Crippen LogP contribution in [-0.2, 0) is 16.1 Å². The van der Waals surface area contributed by atoms with Crippen molar-refractivity contribution in [2.24, 2.45) is 5.92 Å². The van der Waals surface area contributed by atoms with Crippen LogP contribution < -0.4 is 5.32 Å². The molecule has 1 aromatic carbocycles. The Morgan fingerprint density at radius 3 is 2.59 bits per heavy atom. The standard InChI is InChI=1S/C17H21FN2O2/c18-14-7-5-12(6-8-14)10-19-17(22)13-9-16(21)20(11-13)15-3-1-2-4-15/h5-8,13,15H,1-4,9-11H2,(H,19,22)/t13-/m0/s1. The number of hydrogen-bond acceptors (Lipinski definition) is 2.